The first kappa shape index (κ1) is 20.7. The van der Waals surface area contributed by atoms with Crippen molar-refractivity contribution in [1.82, 2.24) is 15.1 Å². The molecule has 2 aliphatic rings. The SMILES string of the molecule is O=C(CCC(=O)N1CCC[C@@H](C(=O)Nc2nncs2)C1)c1ccc2c(c1)CCCC2. The third kappa shape index (κ3) is 4.92. The quantitative estimate of drug-likeness (QED) is 0.716. The van der Waals surface area contributed by atoms with Crippen molar-refractivity contribution >= 4 is 34.1 Å². The maximum Gasteiger partial charge on any atom is 0.231 e. The summed E-state index contributed by atoms with van der Waals surface area (Å²) >= 11 is 1.27. The van der Waals surface area contributed by atoms with Crippen LogP contribution in [0.5, 0.6) is 0 Å². The van der Waals surface area contributed by atoms with Crippen molar-refractivity contribution in [3.05, 3.63) is 40.4 Å². The van der Waals surface area contributed by atoms with Gasteiger partial charge in [-0.05, 0) is 55.7 Å². The van der Waals surface area contributed by atoms with Crippen molar-refractivity contribution in [3.63, 3.8) is 0 Å². The number of amides is 2. The Morgan fingerprint density at radius 1 is 1.10 bits per heavy atom. The van der Waals surface area contributed by atoms with E-state index in [-0.39, 0.29) is 36.4 Å². The lowest BCUT2D eigenvalue weighted by atomic mass is 9.89. The first-order chi connectivity index (χ1) is 14.6. The topological polar surface area (TPSA) is 92.3 Å². The second kappa shape index (κ2) is 9.47. The highest BCUT2D eigenvalue weighted by Crippen LogP contribution is 2.24. The van der Waals surface area contributed by atoms with Gasteiger partial charge in [0.25, 0.3) is 0 Å². The molecule has 30 heavy (non-hydrogen) atoms. The number of aryl methyl sites for hydroxylation is 2. The molecule has 8 heteroatoms. The average molecular weight is 427 g/mol. The Labute approximate surface area is 179 Å². The fourth-order valence-electron chi connectivity index (χ4n) is 4.28. The second-order valence-corrected chi connectivity index (χ2v) is 8.86. The smallest absolute Gasteiger partial charge is 0.231 e. The van der Waals surface area contributed by atoms with Gasteiger partial charge in [-0.15, -0.1) is 10.2 Å². The molecule has 4 rings (SSSR count). The van der Waals surface area contributed by atoms with Gasteiger partial charge in [0.1, 0.15) is 5.51 Å². The fourth-order valence-corrected chi connectivity index (χ4v) is 4.73. The molecule has 0 spiro atoms. The van der Waals surface area contributed by atoms with Crippen molar-refractivity contribution in [2.75, 3.05) is 18.4 Å². The minimum Gasteiger partial charge on any atom is -0.342 e. The zero-order chi connectivity index (χ0) is 20.9. The highest BCUT2D eigenvalue weighted by molar-refractivity contribution is 7.13. The number of hydrogen-bond acceptors (Lipinski definition) is 6. The molecule has 1 aliphatic carbocycles. The van der Waals surface area contributed by atoms with E-state index in [1.165, 1.54) is 35.3 Å². The van der Waals surface area contributed by atoms with Crippen LogP contribution < -0.4 is 5.32 Å². The molecule has 1 aliphatic heterocycles. The largest absolute Gasteiger partial charge is 0.342 e. The highest BCUT2D eigenvalue weighted by atomic mass is 32.1. The number of aromatic nitrogens is 2. The van der Waals surface area contributed by atoms with E-state index in [2.05, 4.69) is 21.6 Å². The Morgan fingerprint density at radius 2 is 1.93 bits per heavy atom. The molecule has 0 unspecified atom stereocenters. The molecule has 1 fully saturated rings. The molecule has 2 amide bonds. The van der Waals surface area contributed by atoms with Crippen LogP contribution in [-0.2, 0) is 22.4 Å². The highest BCUT2D eigenvalue weighted by Gasteiger charge is 2.29. The van der Waals surface area contributed by atoms with E-state index in [0.717, 1.165) is 25.7 Å². The van der Waals surface area contributed by atoms with Crippen LogP contribution >= 0.6 is 11.3 Å². The molecular formula is C22H26N4O3S. The van der Waals surface area contributed by atoms with Gasteiger partial charge in [0.05, 0.1) is 5.92 Å². The number of likely N-dealkylation sites (tertiary alicyclic amines) is 1. The molecule has 1 aromatic heterocycles. The summed E-state index contributed by atoms with van der Waals surface area (Å²) in [5, 5.41) is 10.8. The van der Waals surface area contributed by atoms with E-state index in [0.29, 0.717) is 23.8 Å². The standard InChI is InChI=1S/C22H26N4O3S/c27-19(17-8-7-15-4-1-2-5-16(15)12-17)9-10-20(28)26-11-3-6-18(13-26)21(29)24-22-25-23-14-30-22/h7-8,12,14,18H,1-6,9-11,13H2,(H,24,25,29)/t18-/m1/s1. The van der Waals surface area contributed by atoms with Gasteiger partial charge in [-0.1, -0.05) is 23.5 Å². The maximum absolute atomic E-state index is 12.7. The van der Waals surface area contributed by atoms with E-state index in [4.69, 9.17) is 0 Å². The number of carbonyl (C=O) groups excluding carboxylic acids is 3. The Balaban J connectivity index is 1.29. The van der Waals surface area contributed by atoms with Crippen LogP contribution in [0, 0.1) is 5.92 Å². The molecule has 2 aromatic rings. The van der Waals surface area contributed by atoms with Gasteiger partial charge < -0.3 is 10.2 Å². The third-order valence-electron chi connectivity index (χ3n) is 5.97. The normalized spacial score (nSPS) is 18.5. The number of Topliss-reactive ketones (excluding diaryl/α,β-unsaturated/α-hetero) is 1. The maximum atomic E-state index is 12.7. The number of fused-ring (bicyclic) bond motifs is 1. The van der Waals surface area contributed by atoms with Crippen LogP contribution in [0.1, 0.15) is 60.0 Å². The Bertz CT molecular complexity index is 928. The minimum absolute atomic E-state index is 0.0132. The number of hydrogen-bond donors (Lipinski definition) is 1. The molecule has 1 saturated heterocycles. The van der Waals surface area contributed by atoms with Gasteiger partial charge >= 0.3 is 0 Å². The summed E-state index contributed by atoms with van der Waals surface area (Å²) in [6, 6.07) is 5.97. The Morgan fingerprint density at radius 3 is 2.73 bits per heavy atom. The van der Waals surface area contributed by atoms with Gasteiger partial charge in [0, 0.05) is 31.5 Å². The van der Waals surface area contributed by atoms with Gasteiger partial charge in [-0.3, -0.25) is 14.4 Å². The number of ketones is 1. The van der Waals surface area contributed by atoms with Gasteiger partial charge in [0.15, 0.2) is 5.78 Å². The number of benzene rings is 1. The molecule has 0 saturated carbocycles. The van der Waals surface area contributed by atoms with E-state index >= 15 is 0 Å². The number of nitrogens with zero attached hydrogens (tertiary/aromatic N) is 3. The van der Waals surface area contributed by atoms with E-state index in [9.17, 15) is 14.4 Å². The van der Waals surface area contributed by atoms with E-state index < -0.39 is 0 Å². The van der Waals surface area contributed by atoms with Crippen molar-refractivity contribution < 1.29 is 14.4 Å². The average Bonchev–Trinajstić information content (AvgIpc) is 3.30. The number of carbonyl (C=O) groups is 3. The molecule has 1 atom stereocenters. The summed E-state index contributed by atoms with van der Waals surface area (Å²) in [6.07, 6.45) is 6.41. The molecule has 158 valence electrons. The van der Waals surface area contributed by atoms with Crippen LogP contribution in [-0.4, -0.2) is 45.8 Å². The predicted octanol–water partition coefficient (Wildman–Crippen LogP) is 3.26. The van der Waals surface area contributed by atoms with E-state index in [1.807, 2.05) is 12.1 Å². The Kier molecular flexibility index (Phi) is 6.52. The van der Waals surface area contributed by atoms with Crippen LogP contribution in [0.4, 0.5) is 5.13 Å². The van der Waals surface area contributed by atoms with Crippen LogP contribution in [0.15, 0.2) is 23.7 Å². The van der Waals surface area contributed by atoms with Gasteiger partial charge in [0.2, 0.25) is 16.9 Å². The lowest BCUT2D eigenvalue weighted by Crippen LogP contribution is -2.43. The molecule has 1 aromatic carbocycles. The third-order valence-corrected chi connectivity index (χ3v) is 6.58. The first-order valence-electron chi connectivity index (χ1n) is 10.6. The second-order valence-electron chi connectivity index (χ2n) is 8.03. The zero-order valence-corrected chi connectivity index (χ0v) is 17.7. The molecule has 7 nitrogen and oxygen atoms in total. The van der Waals surface area contributed by atoms with Crippen molar-refractivity contribution in [3.8, 4) is 0 Å². The van der Waals surface area contributed by atoms with E-state index in [1.54, 1.807) is 10.4 Å². The number of anilines is 1. The molecule has 0 bridgehead atoms. The lowest BCUT2D eigenvalue weighted by molar-refractivity contribution is -0.134. The van der Waals surface area contributed by atoms with Crippen LogP contribution in [0.2, 0.25) is 0 Å². The van der Waals surface area contributed by atoms with Crippen LogP contribution in [0.25, 0.3) is 0 Å². The summed E-state index contributed by atoms with van der Waals surface area (Å²) in [4.78, 5) is 39.4. The summed E-state index contributed by atoms with van der Waals surface area (Å²) in [5.74, 6) is -0.439. The number of rotatable bonds is 6. The fraction of sp³-hybridized carbons (Fsp3) is 0.500. The van der Waals surface area contributed by atoms with Gasteiger partial charge in [-0.2, -0.15) is 0 Å². The van der Waals surface area contributed by atoms with Gasteiger partial charge in [-0.25, -0.2) is 0 Å². The summed E-state index contributed by atoms with van der Waals surface area (Å²) in [5.41, 5.74) is 4.89. The molecule has 2 heterocycles. The molecule has 1 N–H and O–H groups in total. The molecular weight excluding hydrogens is 400 g/mol. The summed E-state index contributed by atoms with van der Waals surface area (Å²) in [7, 11) is 0. The summed E-state index contributed by atoms with van der Waals surface area (Å²) in [6.45, 7) is 1.02. The zero-order valence-electron chi connectivity index (χ0n) is 16.9. The first-order valence-corrected chi connectivity index (χ1v) is 11.5. The van der Waals surface area contributed by atoms with Crippen molar-refractivity contribution in [2.24, 2.45) is 5.92 Å². The van der Waals surface area contributed by atoms with Crippen molar-refractivity contribution in [2.45, 2.75) is 51.4 Å². The monoisotopic (exact) mass is 426 g/mol. The number of nitrogens with one attached hydrogen (secondary N) is 1. The number of piperidine rings is 1. The van der Waals surface area contributed by atoms with Crippen molar-refractivity contribution in [1.29, 1.82) is 0 Å². The Hall–Kier alpha value is -2.61. The predicted molar refractivity (Wildman–Crippen MR) is 114 cm³/mol. The van der Waals surface area contributed by atoms with Crippen LogP contribution in [0.3, 0.4) is 0 Å². The lowest BCUT2D eigenvalue weighted by Gasteiger charge is -2.32. The molecule has 0 radical (unpaired) electrons. The summed E-state index contributed by atoms with van der Waals surface area (Å²) < 4.78 is 0. The minimum atomic E-state index is -0.261.